The van der Waals surface area contributed by atoms with Crippen molar-refractivity contribution in [1.82, 2.24) is 4.98 Å². The maximum Gasteiger partial charge on any atom is 1.00 e. The van der Waals surface area contributed by atoms with Gasteiger partial charge in [-0.3, -0.25) is 9.78 Å². The molecule has 0 aliphatic rings. The molecule has 6 nitrogen and oxygen atoms in total. The van der Waals surface area contributed by atoms with Gasteiger partial charge in [0.05, 0.1) is 7.11 Å². The van der Waals surface area contributed by atoms with Crippen LogP contribution in [0.3, 0.4) is 0 Å². The first kappa shape index (κ1) is 18.3. The Hall–Kier alpha value is -0.110. The van der Waals surface area contributed by atoms with Gasteiger partial charge in [-0.05, 0) is 11.8 Å². The number of rotatable bonds is 3. The molecule has 0 fully saturated rings. The summed E-state index contributed by atoms with van der Waals surface area (Å²) in [6, 6.07) is 1.23. The number of pyridine rings is 1. The van der Waals surface area contributed by atoms with E-state index in [1.165, 1.54) is 13.2 Å². The number of nitrogens with zero attached hydrogens (tertiary/aromatic N) is 1. The number of ether oxygens (including phenoxy) is 1. The van der Waals surface area contributed by atoms with Crippen LogP contribution in [0, 0.1) is 0 Å². The summed E-state index contributed by atoms with van der Waals surface area (Å²) in [4.78, 5) is 24.4. The Morgan fingerprint density at radius 1 is 1.38 bits per heavy atom. The van der Waals surface area contributed by atoms with E-state index in [0.29, 0.717) is 0 Å². The monoisotopic (exact) mass is 241 g/mol. The fraction of sp³-hybridized carbons (Fsp3) is 0.125. The molecular formula is C8H5NNa2O5. The van der Waals surface area contributed by atoms with Crippen LogP contribution in [0.4, 0.5) is 0 Å². The van der Waals surface area contributed by atoms with Gasteiger partial charge in [0.2, 0.25) is 5.78 Å². The van der Waals surface area contributed by atoms with Crippen molar-refractivity contribution in [2.45, 2.75) is 0 Å². The second-order valence-electron chi connectivity index (χ2n) is 2.31. The van der Waals surface area contributed by atoms with Crippen molar-refractivity contribution in [3.63, 3.8) is 0 Å². The number of methoxy groups -OCH3 is 1. The molecule has 0 aliphatic heterocycles. The summed E-state index contributed by atoms with van der Waals surface area (Å²) < 4.78 is 4.60. The minimum Gasteiger partial charge on any atom is -0.868 e. The van der Waals surface area contributed by atoms with Gasteiger partial charge in [0.15, 0.2) is 0 Å². The van der Waals surface area contributed by atoms with Gasteiger partial charge in [0, 0.05) is 6.20 Å². The van der Waals surface area contributed by atoms with Gasteiger partial charge < -0.3 is 19.7 Å². The molecule has 0 saturated heterocycles. The molecule has 74 valence electrons. The molecule has 0 spiro atoms. The summed E-state index contributed by atoms with van der Waals surface area (Å²) in [5.74, 6) is -4.41. The molecule has 1 aromatic rings. The molecule has 0 N–H and O–H groups in total. The average Bonchev–Trinajstić information content (AvgIpc) is 2.17. The number of Topliss-reactive ketones (excluding diaryl/α,β-unsaturated/α-hetero) is 1. The van der Waals surface area contributed by atoms with Crippen LogP contribution in [0.15, 0.2) is 12.3 Å². The predicted molar refractivity (Wildman–Crippen MR) is 39.6 cm³/mol. The van der Waals surface area contributed by atoms with E-state index in [9.17, 15) is 19.8 Å². The van der Waals surface area contributed by atoms with Crippen LogP contribution in [-0.4, -0.2) is 23.8 Å². The number of carbonyl (C=O) groups excluding carboxylic acids is 2. The van der Waals surface area contributed by atoms with E-state index in [0.717, 1.165) is 6.20 Å². The summed E-state index contributed by atoms with van der Waals surface area (Å²) in [7, 11) is 1.23. The maximum absolute atomic E-state index is 11.2. The quantitative estimate of drug-likeness (QED) is 0.296. The van der Waals surface area contributed by atoms with Crippen molar-refractivity contribution in [3.8, 4) is 11.5 Å². The van der Waals surface area contributed by atoms with Crippen molar-refractivity contribution < 1.29 is 83.7 Å². The third-order valence-corrected chi connectivity index (χ3v) is 1.49. The zero-order valence-electron chi connectivity index (χ0n) is 9.14. The Kier molecular flexibility index (Phi) is 9.19. The Morgan fingerprint density at radius 2 is 1.94 bits per heavy atom. The Morgan fingerprint density at radius 3 is 2.38 bits per heavy atom. The van der Waals surface area contributed by atoms with Crippen LogP contribution in [0.5, 0.6) is 11.5 Å². The Bertz CT molecular complexity index is 396. The van der Waals surface area contributed by atoms with Gasteiger partial charge in [-0.1, -0.05) is 0 Å². The zero-order valence-corrected chi connectivity index (χ0v) is 13.1. The smallest absolute Gasteiger partial charge is 0.868 e. The van der Waals surface area contributed by atoms with Crippen LogP contribution in [0.2, 0.25) is 0 Å². The zero-order chi connectivity index (χ0) is 10.7. The van der Waals surface area contributed by atoms with Crippen molar-refractivity contribution in [2.75, 3.05) is 7.11 Å². The topological polar surface area (TPSA) is 102 Å². The second kappa shape index (κ2) is 8.05. The molecule has 1 rings (SSSR count). The van der Waals surface area contributed by atoms with Crippen LogP contribution in [-0.2, 0) is 4.79 Å². The minimum atomic E-state index is -1.97. The first-order valence-corrected chi connectivity index (χ1v) is 3.53. The number of carboxylic acid groups (broad SMARTS) is 1. The van der Waals surface area contributed by atoms with Crippen molar-refractivity contribution in [1.29, 1.82) is 0 Å². The molecule has 0 bridgehead atoms. The molecule has 0 atom stereocenters. The number of aliphatic carboxylic acids is 1. The number of ketones is 1. The summed E-state index contributed by atoms with van der Waals surface area (Å²) in [6.07, 6.45) is 1.11. The SMILES string of the molecule is COc1ccnc(C(=O)C(=O)[O-])c1[O-].[Na+].[Na+]. The molecule has 1 heterocycles. The molecule has 0 aliphatic carbocycles. The van der Waals surface area contributed by atoms with E-state index in [-0.39, 0.29) is 64.9 Å². The van der Waals surface area contributed by atoms with E-state index in [1.807, 2.05) is 0 Å². The summed E-state index contributed by atoms with van der Waals surface area (Å²) >= 11 is 0. The van der Waals surface area contributed by atoms with Gasteiger partial charge >= 0.3 is 59.1 Å². The van der Waals surface area contributed by atoms with E-state index < -0.39 is 23.2 Å². The van der Waals surface area contributed by atoms with E-state index in [4.69, 9.17) is 0 Å². The minimum absolute atomic E-state index is 0. The van der Waals surface area contributed by atoms with Gasteiger partial charge in [-0.2, -0.15) is 0 Å². The number of carbonyl (C=O) groups is 2. The van der Waals surface area contributed by atoms with Crippen LogP contribution < -0.4 is 74.1 Å². The fourth-order valence-corrected chi connectivity index (χ4v) is 0.850. The third-order valence-electron chi connectivity index (χ3n) is 1.49. The molecule has 0 aromatic carbocycles. The Labute approximate surface area is 136 Å². The van der Waals surface area contributed by atoms with Gasteiger partial charge in [-0.15, -0.1) is 0 Å². The van der Waals surface area contributed by atoms with Crippen molar-refractivity contribution >= 4 is 11.8 Å². The van der Waals surface area contributed by atoms with Crippen molar-refractivity contribution in [3.05, 3.63) is 18.0 Å². The fourth-order valence-electron chi connectivity index (χ4n) is 0.850. The second-order valence-corrected chi connectivity index (χ2v) is 2.31. The van der Waals surface area contributed by atoms with Gasteiger partial charge in [-0.25, -0.2) is 0 Å². The molecule has 0 unspecified atom stereocenters. The van der Waals surface area contributed by atoms with Gasteiger partial charge in [0.1, 0.15) is 17.4 Å². The molecular weight excluding hydrogens is 236 g/mol. The standard InChI is InChI=1S/C8H7NO5.2Na/c1-14-4-2-3-9-5(6(4)10)7(11)8(12)13;;/h2-3,10H,1H3,(H,12,13);;/q;2*+1/p-2. The number of aromatic nitrogens is 1. The molecule has 8 heteroatoms. The van der Waals surface area contributed by atoms with Gasteiger partial charge in [0.25, 0.3) is 0 Å². The molecule has 16 heavy (non-hydrogen) atoms. The van der Waals surface area contributed by atoms with Crippen LogP contribution >= 0.6 is 0 Å². The first-order chi connectivity index (χ1) is 6.57. The normalized spacial score (nSPS) is 8.31. The summed E-state index contributed by atoms with van der Waals surface area (Å²) in [6.45, 7) is 0. The molecule has 1 aromatic heterocycles. The van der Waals surface area contributed by atoms with Crippen LogP contribution in [0.1, 0.15) is 10.5 Å². The number of carboxylic acids is 1. The third kappa shape index (κ3) is 4.04. The number of hydrogen-bond acceptors (Lipinski definition) is 6. The Balaban J connectivity index is 0. The molecule has 0 amide bonds. The molecule has 0 saturated carbocycles. The predicted octanol–water partition coefficient (Wildman–Crippen LogP) is -7.90. The summed E-state index contributed by atoms with van der Waals surface area (Å²) in [5, 5.41) is 21.4. The van der Waals surface area contributed by atoms with E-state index in [2.05, 4.69) is 9.72 Å². The first-order valence-electron chi connectivity index (χ1n) is 3.53. The largest absolute Gasteiger partial charge is 1.00 e. The van der Waals surface area contributed by atoms with E-state index >= 15 is 0 Å². The van der Waals surface area contributed by atoms with E-state index in [1.54, 1.807) is 0 Å². The maximum atomic E-state index is 11.2. The summed E-state index contributed by atoms with van der Waals surface area (Å²) in [5.41, 5.74) is -0.704. The van der Waals surface area contributed by atoms with Crippen molar-refractivity contribution in [2.24, 2.45) is 0 Å². The number of hydrogen-bond donors (Lipinski definition) is 0. The average molecular weight is 241 g/mol. The molecule has 0 radical (unpaired) electrons. The van der Waals surface area contributed by atoms with Crippen LogP contribution in [0.25, 0.3) is 0 Å².